The molecule has 2 saturated heterocycles. The molecule has 2 rings (SSSR count). The van der Waals surface area contributed by atoms with Crippen LogP contribution in [0.3, 0.4) is 0 Å². The standard InChI is InChI=1S/C18H37N5O2/c1-4-19-18(21-14-17(3)23-7-11-25-12-8-23)20-13-16(2)15-22-5-9-24-10-6-22/h16-17H,4-15H2,1-3H3,(H2,19,20,21). The van der Waals surface area contributed by atoms with Gasteiger partial charge in [0, 0.05) is 58.4 Å². The Kier molecular flexibility index (Phi) is 9.54. The number of rotatable bonds is 8. The number of hydrogen-bond acceptors (Lipinski definition) is 5. The first-order valence-corrected chi connectivity index (χ1v) is 9.83. The van der Waals surface area contributed by atoms with Crippen molar-refractivity contribution in [2.45, 2.75) is 26.8 Å². The number of hydrogen-bond donors (Lipinski definition) is 2. The molecule has 2 aliphatic rings. The van der Waals surface area contributed by atoms with E-state index in [1.54, 1.807) is 0 Å². The summed E-state index contributed by atoms with van der Waals surface area (Å²) < 4.78 is 10.8. The molecule has 0 aromatic carbocycles. The number of aliphatic imine (C=N–C) groups is 1. The molecule has 0 aliphatic carbocycles. The van der Waals surface area contributed by atoms with Crippen molar-refractivity contribution in [2.75, 3.05) is 78.8 Å². The van der Waals surface area contributed by atoms with E-state index < -0.39 is 0 Å². The molecule has 0 saturated carbocycles. The van der Waals surface area contributed by atoms with Gasteiger partial charge in [0.15, 0.2) is 5.96 Å². The van der Waals surface area contributed by atoms with Crippen molar-refractivity contribution in [3.63, 3.8) is 0 Å². The predicted molar refractivity (Wildman–Crippen MR) is 102 cm³/mol. The Morgan fingerprint density at radius 1 is 1.00 bits per heavy atom. The van der Waals surface area contributed by atoms with Gasteiger partial charge in [0.25, 0.3) is 0 Å². The molecule has 7 nitrogen and oxygen atoms in total. The fraction of sp³-hybridized carbons (Fsp3) is 0.944. The molecule has 2 aliphatic heterocycles. The maximum Gasteiger partial charge on any atom is 0.191 e. The van der Waals surface area contributed by atoms with Crippen LogP contribution in [0.4, 0.5) is 0 Å². The molecule has 0 radical (unpaired) electrons. The number of morpholine rings is 2. The maximum absolute atomic E-state index is 5.43. The van der Waals surface area contributed by atoms with Crippen LogP contribution in [0.2, 0.25) is 0 Å². The fourth-order valence-corrected chi connectivity index (χ4v) is 3.26. The van der Waals surface area contributed by atoms with Crippen molar-refractivity contribution in [2.24, 2.45) is 10.9 Å². The van der Waals surface area contributed by atoms with Crippen molar-refractivity contribution in [1.29, 1.82) is 0 Å². The van der Waals surface area contributed by atoms with Gasteiger partial charge in [0.05, 0.1) is 26.4 Å². The molecule has 0 aromatic rings. The van der Waals surface area contributed by atoms with Gasteiger partial charge in [-0.2, -0.15) is 0 Å². The number of ether oxygens (including phenoxy) is 2. The van der Waals surface area contributed by atoms with Gasteiger partial charge in [-0.05, 0) is 19.8 Å². The third-order valence-corrected chi connectivity index (χ3v) is 4.81. The zero-order chi connectivity index (χ0) is 17.9. The summed E-state index contributed by atoms with van der Waals surface area (Å²) in [5.41, 5.74) is 0. The van der Waals surface area contributed by atoms with Crippen molar-refractivity contribution in [3.05, 3.63) is 0 Å². The minimum absolute atomic E-state index is 0.485. The maximum atomic E-state index is 5.43. The van der Waals surface area contributed by atoms with Gasteiger partial charge in [0.2, 0.25) is 0 Å². The molecule has 2 unspecified atom stereocenters. The molecular weight excluding hydrogens is 318 g/mol. The quantitative estimate of drug-likeness (QED) is 0.480. The normalized spacial score (nSPS) is 23.2. The summed E-state index contributed by atoms with van der Waals surface area (Å²) in [6.07, 6.45) is 0. The zero-order valence-corrected chi connectivity index (χ0v) is 16.3. The Hall–Kier alpha value is -0.890. The van der Waals surface area contributed by atoms with E-state index in [1.165, 1.54) is 0 Å². The lowest BCUT2D eigenvalue weighted by atomic mass is 10.1. The summed E-state index contributed by atoms with van der Waals surface area (Å²) in [7, 11) is 0. The van der Waals surface area contributed by atoms with E-state index in [0.29, 0.717) is 12.0 Å². The van der Waals surface area contributed by atoms with Gasteiger partial charge in [-0.1, -0.05) is 6.92 Å². The molecule has 0 aromatic heterocycles. The summed E-state index contributed by atoms with van der Waals surface area (Å²) in [6, 6.07) is 0.485. The molecule has 2 fully saturated rings. The Morgan fingerprint density at radius 2 is 1.64 bits per heavy atom. The first-order chi connectivity index (χ1) is 12.2. The molecule has 0 bridgehead atoms. The van der Waals surface area contributed by atoms with Crippen LogP contribution in [0.5, 0.6) is 0 Å². The van der Waals surface area contributed by atoms with Gasteiger partial charge in [-0.25, -0.2) is 0 Å². The van der Waals surface area contributed by atoms with E-state index >= 15 is 0 Å². The average molecular weight is 356 g/mol. The molecule has 146 valence electrons. The number of nitrogens with zero attached hydrogens (tertiary/aromatic N) is 3. The monoisotopic (exact) mass is 355 g/mol. The lowest BCUT2D eigenvalue weighted by Crippen LogP contribution is -2.49. The fourth-order valence-electron chi connectivity index (χ4n) is 3.26. The third-order valence-electron chi connectivity index (χ3n) is 4.81. The van der Waals surface area contributed by atoms with E-state index in [2.05, 4.69) is 41.2 Å². The Morgan fingerprint density at radius 3 is 2.28 bits per heavy atom. The lowest BCUT2D eigenvalue weighted by Gasteiger charge is -2.32. The van der Waals surface area contributed by atoms with Gasteiger partial charge < -0.3 is 20.1 Å². The van der Waals surface area contributed by atoms with Gasteiger partial charge in [0.1, 0.15) is 0 Å². The topological polar surface area (TPSA) is 61.4 Å². The molecule has 2 heterocycles. The highest BCUT2D eigenvalue weighted by molar-refractivity contribution is 5.79. The van der Waals surface area contributed by atoms with E-state index in [4.69, 9.17) is 14.5 Å². The molecule has 0 spiro atoms. The predicted octanol–water partition coefficient (Wildman–Crippen LogP) is 0.231. The Labute approximate surface area is 153 Å². The van der Waals surface area contributed by atoms with Crippen LogP contribution in [0.25, 0.3) is 0 Å². The molecule has 25 heavy (non-hydrogen) atoms. The molecule has 2 N–H and O–H groups in total. The lowest BCUT2D eigenvalue weighted by molar-refractivity contribution is 0.0211. The SMILES string of the molecule is CCNC(=NCC(C)CN1CCOCC1)NCC(C)N1CCOCC1. The summed E-state index contributed by atoms with van der Waals surface area (Å²) in [5, 5.41) is 6.86. The smallest absolute Gasteiger partial charge is 0.191 e. The van der Waals surface area contributed by atoms with Crippen LogP contribution < -0.4 is 10.6 Å². The van der Waals surface area contributed by atoms with Crippen LogP contribution >= 0.6 is 0 Å². The van der Waals surface area contributed by atoms with E-state index in [-0.39, 0.29) is 0 Å². The van der Waals surface area contributed by atoms with Crippen molar-refractivity contribution in [3.8, 4) is 0 Å². The summed E-state index contributed by atoms with van der Waals surface area (Å²) in [5.74, 6) is 1.47. The summed E-state index contributed by atoms with van der Waals surface area (Å²) >= 11 is 0. The molecular formula is C18H37N5O2. The number of guanidine groups is 1. The third kappa shape index (κ3) is 7.90. The van der Waals surface area contributed by atoms with Crippen molar-refractivity contribution >= 4 is 5.96 Å². The zero-order valence-electron chi connectivity index (χ0n) is 16.3. The second kappa shape index (κ2) is 11.7. The van der Waals surface area contributed by atoms with E-state index in [9.17, 15) is 0 Å². The van der Waals surface area contributed by atoms with Crippen LogP contribution in [-0.2, 0) is 9.47 Å². The highest BCUT2D eigenvalue weighted by Crippen LogP contribution is 2.04. The van der Waals surface area contributed by atoms with Crippen LogP contribution in [-0.4, -0.2) is 101 Å². The minimum Gasteiger partial charge on any atom is -0.379 e. The average Bonchev–Trinajstić information content (AvgIpc) is 2.65. The van der Waals surface area contributed by atoms with Gasteiger partial charge in [-0.15, -0.1) is 0 Å². The molecule has 0 amide bonds. The van der Waals surface area contributed by atoms with Crippen LogP contribution in [0, 0.1) is 5.92 Å². The highest BCUT2D eigenvalue weighted by atomic mass is 16.5. The summed E-state index contributed by atoms with van der Waals surface area (Å²) in [6.45, 7) is 17.9. The second-order valence-corrected chi connectivity index (χ2v) is 7.12. The largest absolute Gasteiger partial charge is 0.379 e. The van der Waals surface area contributed by atoms with Gasteiger partial charge >= 0.3 is 0 Å². The van der Waals surface area contributed by atoms with Crippen LogP contribution in [0.1, 0.15) is 20.8 Å². The van der Waals surface area contributed by atoms with E-state index in [0.717, 1.165) is 84.7 Å². The van der Waals surface area contributed by atoms with E-state index in [1.807, 2.05) is 0 Å². The Balaban J connectivity index is 1.72. The molecule has 7 heteroatoms. The van der Waals surface area contributed by atoms with Crippen LogP contribution in [0.15, 0.2) is 4.99 Å². The summed E-state index contributed by atoms with van der Waals surface area (Å²) in [4.78, 5) is 9.74. The number of nitrogens with one attached hydrogen (secondary N) is 2. The van der Waals surface area contributed by atoms with Crippen molar-refractivity contribution in [1.82, 2.24) is 20.4 Å². The first kappa shape index (κ1) is 20.4. The second-order valence-electron chi connectivity index (χ2n) is 7.12. The minimum atomic E-state index is 0.485. The Bertz CT molecular complexity index is 382. The van der Waals surface area contributed by atoms with Gasteiger partial charge in [-0.3, -0.25) is 14.8 Å². The highest BCUT2D eigenvalue weighted by Gasteiger charge is 2.17. The molecule has 2 atom stereocenters. The first-order valence-electron chi connectivity index (χ1n) is 9.83. The van der Waals surface area contributed by atoms with Crippen molar-refractivity contribution < 1.29 is 9.47 Å².